The van der Waals surface area contributed by atoms with Gasteiger partial charge < -0.3 is 5.11 Å². The van der Waals surface area contributed by atoms with Crippen LogP contribution in [0.2, 0.25) is 0 Å². The van der Waals surface area contributed by atoms with Crippen LogP contribution in [0.1, 0.15) is 30.3 Å². The summed E-state index contributed by atoms with van der Waals surface area (Å²) < 4.78 is 0. The smallest absolute Gasteiger partial charge is 0.115 e. The third-order valence-corrected chi connectivity index (χ3v) is 5.78. The van der Waals surface area contributed by atoms with Gasteiger partial charge in [-0.3, -0.25) is 9.80 Å². The van der Waals surface area contributed by atoms with E-state index in [1.807, 2.05) is 18.2 Å². The molecule has 3 nitrogen and oxygen atoms in total. The largest absolute Gasteiger partial charge is 0.508 e. The van der Waals surface area contributed by atoms with E-state index < -0.39 is 0 Å². The molecular formula is C20H26N2OS. The predicted octanol–water partition coefficient (Wildman–Crippen LogP) is 4.12. The lowest BCUT2D eigenvalue weighted by molar-refractivity contribution is 0.0315. The molecule has 1 aliphatic heterocycles. The van der Waals surface area contributed by atoms with Crippen LogP contribution in [0.4, 0.5) is 0 Å². The topological polar surface area (TPSA) is 26.7 Å². The average molecular weight is 343 g/mol. The van der Waals surface area contributed by atoms with Crippen molar-refractivity contribution >= 4 is 11.3 Å². The molecule has 0 saturated carbocycles. The first-order chi connectivity index (χ1) is 11.6. The van der Waals surface area contributed by atoms with Gasteiger partial charge in [0.25, 0.3) is 0 Å². The van der Waals surface area contributed by atoms with Crippen molar-refractivity contribution in [3.8, 4) is 5.75 Å². The Morgan fingerprint density at radius 1 is 1.25 bits per heavy atom. The van der Waals surface area contributed by atoms with Crippen molar-refractivity contribution in [1.29, 1.82) is 0 Å². The van der Waals surface area contributed by atoms with Gasteiger partial charge in [-0.25, -0.2) is 0 Å². The van der Waals surface area contributed by atoms with E-state index in [4.69, 9.17) is 0 Å². The number of aromatic hydroxyl groups is 1. The van der Waals surface area contributed by atoms with Crippen LogP contribution in [-0.4, -0.2) is 46.6 Å². The molecule has 1 aromatic heterocycles. The second kappa shape index (κ2) is 7.51. The number of phenolic OH excluding ortho intramolecular Hbond substituents is 1. The van der Waals surface area contributed by atoms with E-state index in [0.29, 0.717) is 17.8 Å². The first-order valence-corrected chi connectivity index (χ1v) is 9.41. The fourth-order valence-electron chi connectivity index (χ4n) is 3.67. The summed E-state index contributed by atoms with van der Waals surface area (Å²) in [7, 11) is 0. The highest BCUT2D eigenvalue weighted by atomic mass is 32.1. The zero-order chi connectivity index (χ0) is 17.1. The van der Waals surface area contributed by atoms with Crippen molar-refractivity contribution in [2.45, 2.75) is 32.0 Å². The van der Waals surface area contributed by atoms with Gasteiger partial charge in [-0.15, -0.1) is 17.9 Å². The number of hydrogen-bond acceptors (Lipinski definition) is 4. The van der Waals surface area contributed by atoms with Gasteiger partial charge in [-0.1, -0.05) is 24.3 Å². The Morgan fingerprint density at radius 2 is 2.08 bits per heavy atom. The molecule has 1 N–H and O–H groups in total. The zero-order valence-electron chi connectivity index (χ0n) is 14.4. The lowest BCUT2D eigenvalue weighted by Gasteiger charge is -2.47. The zero-order valence-corrected chi connectivity index (χ0v) is 15.2. The van der Waals surface area contributed by atoms with Gasteiger partial charge in [0.2, 0.25) is 0 Å². The van der Waals surface area contributed by atoms with Crippen LogP contribution in [0.5, 0.6) is 5.75 Å². The quantitative estimate of drug-likeness (QED) is 0.828. The van der Waals surface area contributed by atoms with Crippen molar-refractivity contribution in [2.24, 2.45) is 0 Å². The Labute approximate surface area is 148 Å². The Balaban J connectivity index is 1.93. The summed E-state index contributed by atoms with van der Waals surface area (Å²) in [5.41, 5.74) is 1.16. The summed E-state index contributed by atoms with van der Waals surface area (Å²) in [6.07, 6.45) is 1.99. The number of hydrogen-bond donors (Lipinski definition) is 1. The highest BCUT2D eigenvalue weighted by molar-refractivity contribution is 7.10. The molecule has 4 heteroatoms. The Morgan fingerprint density at radius 3 is 2.75 bits per heavy atom. The van der Waals surface area contributed by atoms with Crippen LogP contribution >= 0.6 is 11.3 Å². The van der Waals surface area contributed by atoms with Crippen LogP contribution in [0.25, 0.3) is 0 Å². The number of piperazine rings is 1. The third kappa shape index (κ3) is 3.56. The van der Waals surface area contributed by atoms with E-state index in [9.17, 15) is 5.11 Å². The molecule has 0 spiro atoms. The van der Waals surface area contributed by atoms with Crippen LogP contribution in [0.15, 0.2) is 54.4 Å². The molecule has 0 amide bonds. The fraction of sp³-hybridized carbons (Fsp3) is 0.400. The van der Waals surface area contributed by atoms with Crippen molar-refractivity contribution in [3.05, 3.63) is 64.9 Å². The molecule has 2 aromatic rings. The van der Waals surface area contributed by atoms with Crippen molar-refractivity contribution in [2.75, 3.05) is 19.6 Å². The number of benzene rings is 1. The van der Waals surface area contributed by atoms with E-state index in [0.717, 1.165) is 25.2 Å². The normalized spacial score (nSPS) is 23.9. The van der Waals surface area contributed by atoms with Crippen LogP contribution in [0, 0.1) is 0 Å². The van der Waals surface area contributed by atoms with Crippen molar-refractivity contribution in [1.82, 2.24) is 9.80 Å². The van der Waals surface area contributed by atoms with Crippen molar-refractivity contribution in [3.63, 3.8) is 0 Å². The minimum atomic E-state index is 0.195. The molecule has 1 aromatic carbocycles. The maximum atomic E-state index is 9.95. The Bertz CT molecular complexity index is 670. The maximum absolute atomic E-state index is 9.95. The average Bonchev–Trinajstić information content (AvgIpc) is 3.06. The minimum absolute atomic E-state index is 0.195. The van der Waals surface area contributed by atoms with Crippen molar-refractivity contribution < 1.29 is 5.11 Å². The second-order valence-corrected chi connectivity index (χ2v) is 7.63. The summed E-state index contributed by atoms with van der Waals surface area (Å²) >= 11 is 1.79. The molecule has 24 heavy (non-hydrogen) atoms. The summed E-state index contributed by atoms with van der Waals surface area (Å²) in [5.74, 6) is 0.333. The fourth-order valence-corrected chi connectivity index (χ4v) is 4.54. The Kier molecular flexibility index (Phi) is 5.39. The first kappa shape index (κ1) is 17.2. The molecule has 0 unspecified atom stereocenters. The summed E-state index contributed by atoms with van der Waals surface area (Å²) in [4.78, 5) is 6.39. The molecule has 0 bridgehead atoms. The van der Waals surface area contributed by atoms with Gasteiger partial charge in [0, 0.05) is 36.6 Å². The highest BCUT2D eigenvalue weighted by Gasteiger charge is 2.34. The van der Waals surface area contributed by atoms with E-state index in [2.05, 4.69) is 53.8 Å². The summed E-state index contributed by atoms with van der Waals surface area (Å²) in [6, 6.07) is 13.1. The van der Waals surface area contributed by atoms with Crippen LogP contribution < -0.4 is 0 Å². The van der Waals surface area contributed by atoms with Gasteiger partial charge in [0.1, 0.15) is 5.75 Å². The van der Waals surface area contributed by atoms with Gasteiger partial charge >= 0.3 is 0 Å². The van der Waals surface area contributed by atoms with E-state index >= 15 is 0 Å². The molecule has 128 valence electrons. The molecule has 0 radical (unpaired) electrons. The minimum Gasteiger partial charge on any atom is -0.508 e. The number of rotatable bonds is 5. The van der Waals surface area contributed by atoms with E-state index in [1.54, 1.807) is 17.4 Å². The SMILES string of the molecule is C=CCN1C[C@@H](C)N([C@@H](c2cccc(O)c2)c2cccs2)C[C@@H]1C. The van der Waals surface area contributed by atoms with Gasteiger partial charge in [0.05, 0.1) is 6.04 Å². The lowest BCUT2D eigenvalue weighted by Crippen LogP contribution is -2.57. The third-order valence-electron chi connectivity index (χ3n) is 4.86. The molecular weight excluding hydrogens is 316 g/mol. The highest BCUT2D eigenvalue weighted by Crippen LogP contribution is 2.36. The number of thiophene rings is 1. The maximum Gasteiger partial charge on any atom is 0.115 e. The first-order valence-electron chi connectivity index (χ1n) is 8.53. The number of nitrogens with zero attached hydrogens (tertiary/aromatic N) is 2. The molecule has 3 rings (SSSR count). The molecule has 1 fully saturated rings. The van der Waals surface area contributed by atoms with E-state index in [-0.39, 0.29) is 6.04 Å². The molecule has 1 aliphatic rings. The summed E-state index contributed by atoms with van der Waals surface area (Å²) in [6.45, 7) is 11.5. The van der Waals surface area contributed by atoms with Crippen LogP contribution in [0.3, 0.4) is 0 Å². The Hall–Kier alpha value is -1.62. The predicted molar refractivity (Wildman–Crippen MR) is 102 cm³/mol. The lowest BCUT2D eigenvalue weighted by atomic mass is 9.98. The van der Waals surface area contributed by atoms with Gasteiger partial charge in [0.15, 0.2) is 0 Å². The number of phenols is 1. The monoisotopic (exact) mass is 342 g/mol. The van der Waals surface area contributed by atoms with Gasteiger partial charge in [-0.2, -0.15) is 0 Å². The second-order valence-electron chi connectivity index (χ2n) is 6.65. The summed E-state index contributed by atoms with van der Waals surface area (Å²) in [5, 5.41) is 12.1. The molecule has 3 atom stereocenters. The molecule has 1 saturated heterocycles. The molecule has 2 heterocycles. The van der Waals surface area contributed by atoms with E-state index in [1.165, 1.54) is 4.88 Å². The molecule has 0 aliphatic carbocycles. The standard InChI is InChI=1S/C20H26N2OS/c1-4-10-21-13-16(3)22(14-15(21)2)20(19-9-6-11-24-19)17-7-5-8-18(23)12-17/h4-9,11-12,15-16,20,23H,1,10,13-14H2,2-3H3/t15-,16+,20-/m0/s1. The van der Waals surface area contributed by atoms with Crippen LogP contribution in [-0.2, 0) is 0 Å². The van der Waals surface area contributed by atoms with Gasteiger partial charge in [-0.05, 0) is 43.0 Å².